The fourth-order valence-electron chi connectivity index (χ4n) is 4.53. The van der Waals surface area contributed by atoms with Crippen molar-refractivity contribution in [2.75, 3.05) is 18.0 Å². The van der Waals surface area contributed by atoms with Gasteiger partial charge in [0.25, 0.3) is 0 Å². The summed E-state index contributed by atoms with van der Waals surface area (Å²) in [5, 5.41) is 16.6. The summed E-state index contributed by atoms with van der Waals surface area (Å²) in [7, 11) is 0. The van der Waals surface area contributed by atoms with Crippen LogP contribution in [-0.2, 0) is 11.2 Å². The van der Waals surface area contributed by atoms with Crippen LogP contribution < -0.4 is 4.90 Å². The predicted octanol–water partition coefficient (Wildman–Crippen LogP) is 3.28. The largest absolute Gasteiger partial charge is 0.310 e. The smallest absolute Gasteiger partial charge is 0.250 e. The van der Waals surface area contributed by atoms with Crippen LogP contribution in [0.5, 0.6) is 0 Å². The minimum atomic E-state index is -0.365. The fourth-order valence-corrected chi connectivity index (χ4v) is 4.53. The highest BCUT2D eigenvalue weighted by molar-refractivity contribution is 6.01. The van der Waals surface area contributed by atoms with Gasteiger partial charge in [0.05, 0.1) is 0 Å². The predicted molar refractivity (Wildman–Crippen MR) is 113 cm³/mol. The van der Waals surface area contributed by atoms with Gasteiger partial charge in [-0.15, -0.1) is 0 Å². The molecular formula is C23H22N6O. The van der Waals surface area contributed by atoms with Crippen molar-refractivity contribution in [1.82, 2.24) is 20.1 Å². The van der Waals surface area contributed by atoms with Crippen LogP contribution in [0.3, 0.4) is 0 Å². The van der Waals surface area contributed by atoms with Crippen molar-refractivity contribution in [3.05, 3.63) is 53.9 Å². The van der Waals surface area contributed by atoms with Crippen molar-refractivity contribution >= 4 is 11.6 Å². The molecule has 1 amide bonds. The Morgan fingerprint density at radius 2 is 2.03 bits per heavy atom. The zero-order chi connectivity index (χ0) is 20.7. The zero-order valence-electron chi connectivity index (χ0n) is 16.8. The number of likely N-dealkylation sites (tertiary alicyclic amines) is 1. The summed E-state index contributed by atoms with van der Waals surface area (Å²) in [5.74, 6) is 1.37. The van der Waals surface area contributed by atoms with E-state index in [1.54, 1.807) is 4.90 Å². The van der Waals surface area contributed by atoms with E-state index in [1.807, 2.05) is 36.1 Å². The van der Waals surface area contributed by atoms with Crippen molar-refractivity contribution in [3.63, 3.8) is 0 Å². The Kier molecular flexibility index (Phi) is 4.47. The van der Waals surface area contributed by atoms with Gasteiger partial charge in [-0.2, -0.15) is 10.4 Å². The van der Waals surface area contributed by atoms with Crippen LogP contribution in [0, 0.1) is 18.4 Å². The number of nitrogens with zero attached hydrogens (tertiary/aromatic N) is 5. The third-order valence-electron chi connectivity index (χ3n) is 5.98. The number of nitriles is 1. The highest BCUT2D eigenvalue weighted by Crippen LogP contribution is 2.40. The van der Waals surface area contributed by atoms with Gasteiger partial charge in [-0.3, -0.25) is 14.8 Å². The van der Waals surface area contributed by atoms with Gasteiger partial charge in [0, 0.05) is 24.3 Å². The van der Waals surface area contributed by atoms with Crippen molar-refractivity contribution < 1.29 is 4.79 Å². The Labute approximate surface area is 175 Å². The maximum Gasteiger partial charge on any atom is 0.250 e. The van der Waals surface area contributed by atoms with E-state index in [-0.39, 0.29) is 11.9 Å². The van der Waals surface area contributed by atoms with Crippen molar-refractivity contribution in [1.29, 1.82) is 5.26 Å². The number of aromatic amines is 1. The van der Waals surface area contributed by atoms with Crippen LogP contribution in [0.25, 0.3) is 22.5 Å². The number of anilines is 1. The molecular weight excluding hydrogens is 376 g/mol. The van der Waals surface area contributed by atoms with Crippen molar-refractivity contribution in [2.45, 2.75) is 32.2 Å². The van der Waals surface area contributed by atoms with E-state index in [2.05, 4.69) is 39.6 Å². The molecule has 1 fully saturated rings. The average Bonchev–Trinajstić information content (AvgIpc) is 3.52. The molecule has 1 saturated heterocycles. The van der Waals surface area contributed by atoms with E-state index in [1.165, 1.54) is 0 Å². The first-order chi connectivity index (χ1) is 14.7. The number of aryl methyl sites for hydroxylation is 1. The molecule has 3 heterocycles. The lowest BCUT2D eigenvalue weighted by atomic mass is 9.95. The molecule has 150 valence electrons. The summed E-state index contributed by atoms with van der Waals surface area (Å²) in [6.07, 6.45) is 4.57. The molecule has 1 atom stereocenters. The second kappa shape index (κ2) is 7.30. The third kappa shape index (κ3) is 3.01. The monoisotopic (exact) mass is 398 g/mol. The minimum absolute atomic E-state index is 0.00938. The second-order valence-electron chi connectivity index (χ2n) is 7.82. The highest BCUT2D eigenvalue weighted by Gasteiger charge is 2.37. The fraction of sp³-hybridized carbons (Fsp3) is 0.304. The van der Waals surface area contributed by atoms with Gasteiger partial charge >= 0.3 is 0 Å². The molecule has 2 aliphatic rings. The molecule has 1 aromatic heterocycles. The molecule has 2 aromatic carbocycles. The van der Waals surface area contributed by atoms with E-state index < -0.39 is 0 Å². The van der Waals surface area contributed by atoms with E-state index >= 15 is 0 Å². The molecule has 1 unspecified atom stereocenters. The summed E-state index contributed by atoms with van der Waals surface area (Å²) >= 11 is 0. The van der Waals surface area contributed by atoms with Crippen LogP contribution in [0.2, 0.25) is 0 Å². The Bertz CT molecular complexity index is 1150. The standard InChI is InChI=1S/C23H22N6O/c1-15-25-22(27-26-15)17-12-19(16-6-3-2-4-7-16)18-9-11-29(21(18)13-17)23(30)20-8-5-10-28(20)14-24/h2-4,6-7,12-13,20H,5,8-11H2,1H3,(H,25,26,27). The SMILES string of the molecule is Cc1nc(-c2cc(-c3ccccc3)c3c(c2)N(C(=O)C2CCCN2C#N)CC3)n[nH]1. The molecule has 7 nitrogen and oxygen atoms in total. The number of benzene rings is 2. The van der Waals surface area contributed by atoms with Crippen molar-refractivity contribution in [2.24, 2.45) is 0 Å². The number of aromatic nitrogens is 3. The Balaban J connectivity index is 1.62. The summed E-state index contributed by atoms with van der Waals surface area (Å²) in [6.45, 7) is 3.15. The molecule has 7 heteroatoms. The number of hydrogen-bond donors (Lipinski definition) is 1. The first-order valence-corrected chi connectivity index (χ1v) is 10.2. The lowest BCUT2D eigenvalue weighted by Crippen LogP contribution is -2.43. The molecule has 1 N–H and O–H groups in total. The van der Waals surface area contributed by atoms with Crippen LogP contribution in [-0.4, -0.2) is 45.1 Å². The van der Waals surface area contributed by atoms with E-state index in [0.29, 0.717) is 18.9 Å². The lowest BCUT2D eigenvalue weighted by molar-refractivity contribution is -0.121. The van der Waals surface area contributed by atoms with Gasteiger partial charge in [0.15, 0.2) is 12.0 Å². The number of nitrogens with one attached hydrogen (secondary N) is 1. The third-order valence-corrected chi connectivity index (χ3v) is 5.98. The number of H-pyrrole nitrogens is 1. The first-order valence-electron chi connectivity index (χ1n) is 10.2. The molecule has 3 aromatic rings. The summed E-state index contributed by atoms with van der Waals surface area (Å²) in [4.78, 5) is 21.3. The van der Waals surface area contributed by atoms with E-state index in [4.69, 9.17) is 0 Å². The molecule has 2 aliphatic heterocycles. The Hall–Kier alpha value is -3.66. The lowest BCUT2D eigenvalue weighted by Gasteiger charge is -2.25. The maximum atomic E-state index is 13.4. The molecule has 0 spiro atoms. The van der Waals surface area contributed by atoms with E-state index in [0.717, 1.165) is 53.0 Å². The normalized spacial score (nSPS) is 17.8. The van der Waals surface area contributed by atoms with Gasteiger partial charge in [0.1, 0.15) is 11.9 Å². The van der Waals surface area contributed by atoms with Gasteiger partial charge in [-0.25, -0.2) is 4.98 Å². The summed E-state index contributed by atoms with van der Waals surface area (Å²) < 4.78 is 0. The molecule has 0 bridgehead atoms. The Morgan fingerprint density at radius 1 is 1.20 bits per heavy atom. The number of amides is 1. The van der Waals surface area contributed by atoms with Gasteiger partial charge in [-0.1, -0.05) is 30.3 Å². The van der Waals surface area contributed by atoms with Crippen LogP contribution >= 0.6 is 0 Å². The average molecular weight is 398 g/mol. The summed E-state index contributed by atoms with van der Waals surface area (Å²) in [5.41, 5.74) is 5.15. The molecule has 0 saturated carbocycles. The number of fused-ring (bicyclic) bond motifs is 1. The van der Waals surface area contributed by atoms with Gasteiger partial charge in [-0.05, 0) is 55.0 Å². The minimum Gasteiger partial charge on any atom is -0.310 e. The molecule has 5 rings (SSSR count). The number of carbonyl (C=O) groups excluding carboxylic acids is 1. The topological polar surface area (TPSA) is 88.9 Å². The van der Waals surface area contributed by atoms with Crippen LogP contribution in [0.4, 0.5) is 5.69 Å². The second-order valence-corrected chi connectivity index (χ2v) is 7.82. The Morgan fingerprint density at radius 3 is 2.77 bits per heavy atom. The number of rotatable bonds is 3. The quantitative estimate of drug-likeness (QED) is 0.684. The van der Waals surface area contributed by atoms with Crippen molar-refractivity contribution in [3.8, 4) is 28.7 Å². The van der Waals surface area contributed by atoms with Gasteiger partial charge in [0.2, 0.25) is 5.91 Å². The van der Waals surface area contributed by atoms with Crippen LogP contribution in [0.15, 0.2) is 42.5 Å². The highest BCUT2D eigenvalue weighted by atomic mass is 16.2. The molecule has 0 radical (unpaired) electrons. The number of hydrogen-bond acceptors (Lipinski definition) is 5. The van der Waals surface area contributed by atoms with Gasteiger partial charge < -0.3 is 4.90 Å². The maximum absolute atomic E-state index is 13.4. The number of carbonyl (C=O) groups is 1. The van der Waals surface area contributed by atoms with E-state index in [9.17, 15) is 10.1 Å². The van der Waals surface area contributed by atoms with Crippen LogP contribution in [0.1, 0.15) is 24.2 Å². The molecule has 30 heavy (non-hydrogen) atoms. The zero-order valence-corrected chi connectivity index (χ0v) is 16.8. The first kappa shape index (κ1) is 18.4. The molecule has 0 aliphatic carbocycles. The summed E-state index contributed by atoms with van der Waals surface area (Å²) in [6, 6.07) is 14.0.